The van der Waals surface area contributed by atoms with Gasteiger partial charge in [-0.15, -0.1) is 0 Å². The normalized spacial score (nSPS) is 18.7. The Morgan fingerprint density at radius 2 is 1.45 bits per heavy atom. The quantitative estimate of drug-likeness (QED) is 0.148. The molecule has 2 aromatic heterocycles. The zero-order valence-corrected chi connectivity index (χ0v) is 31.5. The summed E-state index contributed by atoms with van der Waals surface area (Å²) in [5, 5.41) is 2.75. The molecule has 2 nitrogen and oxygen atoms in total. The molecule has 1 aliphatic heterocycles. The molecule has 7 rings (SSSR count). The average molecular weight is 651 g/mol. The molecule has 0 amide bonds. The van der Waals surface area contributed by atoms with Gasteiger partial charge in [-0.3, -0.25) is 0 Å². The lowest BCUT2D eigenvalue weighted by Gasteiger charge is -2.42. The number of hydrogen-bond donors (Lipinski definition) is 0. The molecule has 0 spiro atoms. The van der Waals surface area contributed by atoms with Crippen LogP contribution in [0.5, 0.6) is 0 Å². The van der Waals surface area contributed by atoms with Gasteiger partial charge in [-0.1, -0.05) is 85.2 Å². The molecule has 0 fully saturated rings. The van der Waals surface area contributed by atoms with E-state index in [4.69, 9.17) is 0 Å². The van der Waals surface area contributed by atoms with Gasteiger partial charge >= 0.3 is 0 Å². The van der Waals surface area contributed by atoms with Crippen LogP contribution in [-0.2, 0) is 29.3 Å². The van der Waals surface area contributed by atoms with Crippen LogP contribution in [0.15, 0.2) is 91.3 Å². The molecule has 0 N–H and O–H groups in total. The first kappa shape index (κ1) is 33.7. The maximum Gasteiger partial charge on any atom is 0.220 e. The third-order valence-corrected chi connectivity index (χ3v) is 12.8. The second kappa shape index (κ2) is 12.8. The molecule has 2 heteroatoms. The van der Waals surface area contributed by atoms with Crippen molar-refractivity contribution in [2.45, 2.75) is 136 Å². The second-order valence-corrected chi connectivity index (χ2v) is 16.7. The Labute approximate surface area is 296 Å². The first-order valence-electron chi connectivity index (χ1n) is 19.2. The molecule has 0 bridgehead atoms. The van der Waals surface area contributed by atoms with Crippen molar-refractivity contribution >= 4 is 10.8 Å². The fraction of sp³-hybridized carbons (Fsp3) is 0.447. The summed E-state index contributed by atoms with van der Waals surface area (Å²) < 4.78 is 5.28. The number of fused-ring (bicyclic) bond motifs is 5. The minimum Gasteiger partial charge on any atom is -0.197 e. The monoisotopic (exact) mass is 650 g/mol. The van der Waals surface area contributed by atoms with Gasteiger partial charge in [0.25, 0.3) is 0 Å². The van der Waals surface area contributed by atoms with E-state index >= 15 is 0 Å². The zero-order valence-electron chi connectivity index (χ0n) is 31.5. The van der Waals surface area contributed by atoms with Crippen molar-refractivity contribution in [1.29, 1.82) is 0 Å². The Kier molecular flexibility index (Phi) is 8.83. The summed E-state index contributed by atoms with van der Waals surface area (Å²) in [6.07, 6.45) is 14.2. The van der Waals surface area contributed by atoms with Crippen molar-refractivity contribution in [2.75, 3.05) is 0 Å². The van der Waals surface area contributed by atoms with Gasteiger partial charge in [0, 0.05) is 48.6 Å². The van der Waals surface area contributed by atoms with Crippen LogP contribution in [0.2, 0.25) is 0 Å². The molecule has 1 unspecified atom stereocenters. The highest BCUT2D eigenvalue weighted by molar-refractivity contribution is 5.95. The number of unbranched alkanes of at least 4 members (excludes halogenated alkanes) is 1. The lowest BCUT2D eigenvalue weighted by atomic mass is 9.62. The molecule has 3 heterocycles. The molecule has 5 aromatic rings. The van der Waals surface area contributed by atoms with E-state index in [1.54, 1.807) is 0 Å². The molecule has 49 heavy (non-hydrogen) atoms. The van der Waals surface area contributed by atoms with Crippen molar-refractivity contribution in [3.63, 3.8) is 0 Å². The summed E-state index contributed by atoms with van der Waals surface area (Å²) in [6, 6.07) is 30.9. The van der Waals surface area contributed by atoms with E-state index in [-0.39, 0.29) is 16.4 Å². The highest BCUT2D eigenvalue weighted by Crippen LogP contribution is 2.48. The summed E-state index contributed by atoms with van der Waals surface area (Å²) in [6.45, 7) is 20.2. The van der Waals surface area contributed by atoms with Crippen LogP contribution in [0.4, 0.5) is 0 Å². The number of aryl methyl sites for hydroxylation is 2. The van der Waals surface area contributed by atoms with Crippen molar-refractivity contribution in [2.24, 2.45) is 0 Å². The van der Waals surface area contributed by atoms with E-state index < -0.39 is 0 Å². The summed E-state index contributed by atoms with van der Waals surface area (Å²) in [5.74, 6) is 0.370. The van der Waals surface area contributed by atoms with E-state index in [1.165, 1.54) is 86.8 Å². The first-order valence-corrected chi connectivity index (χ1v) is 19.2. The Morgan fingerprint density at radius 1 is 0.735 bits per heavy atom. The SMILES string of the molecule is CCCCc1ccc2c(c1)C(C[n+]1ccc3cc4c(cc3c1-c1ccccc1C)C(C)(C)CCC4(C)C)CC(CC)(CC)[n+]1ccccc1-2. The van der Waals surface area contributed by atoms with E-state index in [1.807, 2.05) is 0 Å². The molecule has 0 saturated heterocycles. The van der Waals surface area contributed by atoms with Gasteiger partial charge in [0.15, 0.2) is 24.5 Å². The number of nitrogens with zero attached hydrogens (tertiary/aromatic N) is 2. The standard InChI is InChI=1S/C47H58N2/c1-9-12-18-34-21-22-38-39(28-34)36(31-47(10-2,11-3)49-26-16-15-20-43(38)49)32-48-27-23-35-29-41-42(46(7,8)25-24-45(41,5)6)30-40(35)44(48)37-19-14-13-17-33(37)4/h13-17,19-23,26-30,36H,9-12,18,24-25,31-32H2,1-8H3/q+2. The Balaban J connectivity index is 1.47. The Bertz CT molecular complexity index is 2010. The number of aromatic nitrogens is 2. The maximum absolute atomic E-state index is 2.64. The lowest BCUT2D eigenvalue weighted by Crippen LogP contribution is -2.57. The summed E-state index contributed by atoms with van der Waals surface area (Å²) in [5.41, 5.74) is 13.3. The topological polar surface area (TPSA) is 7.76 Å². The first-order chi connectivity index (χ1) is 23.5. The van der Waals surface area contributed by atoms with Gasteiger partial charge in [-0.05, 0) is 107 Å². The third-order valence-electron chi connectivity index (χ3n) is 12.8. The minimum absolute atomic E-state index is 0.0543. The highest BCUT2D eigenvalue weighted by Gasteiger charge is 2.46. The molecular weight excluding hydrogens is 593 g/mol. The van der Waals surface area contributed by atoms with E-state index in [2.05, 4.69) is 156 Å². The van der Waals surface area contributed by atoms with Crippen LogP contribution in [0.1, 0.15) is 127 Å². The van der Waals surface area contributed by atoms with Crippen molar-refractivity contribution < 1.29 is 9.13 Å². The minimum atomic E-state index is 0.0543. The molecule has 1 aliphatic carbocycles. The van der Waals surface area contributed by atoms with Crippen LogP contribution in [0.25, 0.3) is 33.3 Å². The third kappa shape index (κ3) is 5.84. The summed E-state index contributed by atoms with van der Waals surface area (Å²) in [7, 11) is 0. The van der Waals surface area contributed by atoms with Crippen LogP contribution in [0.3, 0.4) is 0 Å². The van der Waals surface area contributed by atoms with E-state index in [9.17, 15) is 0 Å². The molecule has 3 aromatic carbocycles. The van der Waals surface area contributed by atoms with Crippen LogP contribution in [-0.4, -0.2) is 0 Å². The van der Waals surface area contributed by atoms with E-state index in [0.29, 0.717) is 5.92 Å². The fourth-order valence-corrected chi connectivity index (χ4v) is 9.41. The van der Waals surface area contributed by atoms with Gasteiger partial charge in [-0.2, -0.15) is 9.13 Å². The highest BCUT2D eigenvalue weighted by atomic mass is 15.1. The molecular formula is C47H58N2+2. The number of pyridine rings is 2. The number of benzene rings is 3. The second-order valence-electron chi connectivity index (χ2n) is 16.7. The molecule has 1 atom stereocenters. The van der Waals surface area contributed by atoms with E-state index in [0.717, 1.165) is 32.2 Å². The van der Waals surface area contributed by atoms with Gasteiger partial charge in [-0.25, -0.2) is 0 Å². The lowest BCUT2D eigenvalue weighted by molar-refractivity contribution is -0.759. The zero-order chi connectivity index (χ0) is 34.6. The van der Waals surface area contributed by atoms with Gasteiger partial charge in [0.05, 0.1) is 11.3 Å². The van der Waals surface area contributed by atoms with Crippen LogP contribution >= 0.6 is 0 Å². The van der Waals surface area contributed by atoms with Gasteiger partial charge in [0.1, 0.15) is 0 Å². The predicted molar refractivity (Wildman–Crippen MR) is 206 cm³/mol. The Morgan fingerprint density at radius 3 is 2.16 bits per heavy atom. The fourth-order valence-electron chi connectivity index (χ4n) is 9.41. The molecule has 254 valence electrons. The summed E-state index contributed by atoms with van der Waals surface area (Å²) >= 11 is 0. The van der Waals surface area contributed by atoms with Gasteiger partial charge in [0.2, 0.25) is 11.4 Å². The van der Waals surface area contributed by atoms with Crippen LogP contribution < -0.4 is 9.13 Å². The summed E-state index contributed by atoms with van der Waals surface area (Å²) in [4.78, 5) is 0. The van der Waals surface area contributed by atoms with Crippen molar-refractivity contribution in [3.05, 3.63) is 119 Å². The predicted octanol–water partition coefficient (Wildman–Crippen LogP) is 11.5. The molecule has 2 aliphatic rings. The average Bonchev–Trinajstić information content (AvgIpc) is 3.22. The van der Waals surface area contributed by atoms with Gasteiger partial charge < -0.3 is 0 Å². The van der Waals surface area contributed by atoms with Crippen LogP contribution in [0, 0.1) is 6.92 Å². The maximum atomic E-state index is 2.64. The Hall–Kier alpha value is -3.78. The molecule has 0 saturated carbocycles. The smallest absolute Gasteiger partial charge is 0.197 e. The van der Waals surface area contributed by atoms with Crippen molar-refractivity contribution in [3.8, 4) is 22.5 Å². The number of rotatable bonds is 8. The molecule has 0 radical (unpaired) electrons. The number of hydrogen-bond acceptors (Lipinski definition) is 0. The van der Waals surface area contributed by atoms with Crippen molar-refractivity contribution in [1.82, 2.24) is 0 Å². The largest absolute Gasteiger partial charge is 0.220 e.